The van der Waals surface area contributed by atoms with Gasteiger partial charge in [-0.25, -0.2) is 0 Å². The topological polar surface area (TPSA) is 41.6 Å². The van der Waals surface area contributed by atoms with Crippen molar-refractivity contribution in [1.82, 2.24) is 10.2 Å². The lowest BCUT2D eigenvalue weighted by Crippen LogP contribution is -2.57. The van der Waals surface area contributed by atoms with Gasteiger partial charge in [0.2, 0.25) is 5.91 Å². The van der Waals surface area contributed by atoms with Crippen molar-refractivity contribution in [3.63, 3.8) is 0 Å². The molecular formula is C13H22N2O2. The van der Waals surface area contributed by atoms with Crippen molar-refractivity contribution in [1.29, 1.82) is 0 Å². The molecular weight excluding hydrogens is 216 g/mol. The number of piperidine rings is 1. The van der Waals surface area contributed by atoms with Crippen molar-refractivity contribution in [3.8, 4) is 0 Å². The van der Waals surface area contributed by atoms with E-state index in [9.17, 15) is 4.79 Å². The Balaban J connectivity index is 1.67. The molecule has 3 rings (SSSR count). The maximum atomic E-state index is 12.5. The molecule has 0 spiro atoms. The minimum absolute atomic E-state index is 0.0723. The maximum absolute atomic E-state index is 12.5. The highest BCUT2D eigenvalue weighted by Crippen LogP contribution is 2.30. The van der Waals surface area contributed by atoms with Crippen LogP contribution in [0.4, 0.5) is 0 Å². The van der Waals surface area contributed by atoms with E-state index < -0.39 is 0 Å². The van der Waals surface area contributed by atoms with Gasteiger partial charge in [-0.15, -0.1) is 0 Å². The van der Waals surface area contributed by atoms with Crippen molar-refractivity contribution in [2.45, 2.75) is 56.7 Å². The van der Waals surface area contributed by atoms with Gasteiger partial charge in [-0.1, -0.05) is 6.42 Å². The summed E-state index contributed by atoms with van der Waals surface area (Å²) < 4.78 is 5.76. The zero-order valence-corrected chi connectivity index (χ0v) is 10.4. The second-order valence-electron chi connectivity index (χ2n) is 5.44. The van der Waals surface area contributed by atoms with Crippen molar-refractivity contribution in [2.75, 3.05) is 19.7 Å². The fourth-order valence-electron chi connectivity index (χ4n) is 3.46. The summed E-state index contributed by atoms with van der Waals surface area (Å²) in [4.78, 5) is 14.6. The van der Waals surface area contributed by atoms with E-state index in [1.165, 1.54) is 19.3 Å². The molecule has 3 atom stereocenters. The van der Waals surface area contributed by atoms with Crippen LogP contribution in [0.25, 0.3) is 0 Å². The van der Waals surface area contributed by atoms with E-state index in [2.05, 4.69) is 10.2 Å². The molecule has 1 aliphatic carbocycles. The molecule has 2 saturated heterocycles. The quantitative estimate of drug-likeness (QED) is 0.738. The van der Waals surface area contributed by atoms with Gasteiger partial charge in [-0.3, -0.25) is 4.79 Å². The molecule has 2 aliphatic heterocycles. The summed E-state index contributed by atoms with van der Waals surface area (Å²) in [6, 6.07) is 0.433. The van der Waals surface area contributed by atoms with Gasteiger partial charge < -0.3 is 15.0 Å². The average molecular weight is 238 g/mol. The number of nitrogens with zero attached hydrogens (tertiary/aromatic N) is 1. The first-order valence-electron chi connectivity index (χ1n) is 7.02. The fourth-order valence-corrected chi connectivity index (χ4v) is 3.46. The Bertz CT molecular complexity index is 289. The van der Waals surface area contributed by atoms with Crippen LogP contribution in [-0.2, 0) is 9.53 Å². The summed E-state index contributed by atoms with van der Waals surface area (Å²) in [5, 5.41) is 3.36. The monoisotopic (exact) mass is 238 g/mol. The van der Waals surface area contributed by atoms with Crippen LogP contribution in [0, 0.1) is 0 Å². The maximum Gasteiger partial charge on any atom is 0.240 e. The van der Waals surface area contributed by atoms with Crippen LogP contribution < -0.4 is 5.32 Å². The normalized spacial score (nSPS) is 37.9. The molecule has 4 heteroatoms. The largest absolute Gasteiger partial charge is 0.374 e. The van der Waals surface area contributed by atoms with Crippen LogP contribution in [0.3, 0.4) is 0 Å². The molecule has 17 heavy (non-hydrogen) atoms. The molecule has 0 radical (unpaired) electrons. The minimum Gasteiger partial charge on any atom is -0.374 e. The molecule has 0 aromatic rings. The molecule has 0 aromatic heterocycles. The number of nitrogens with one attached hydrogen (secondary N) is 1. The van der Waals surface area contributed by atoms with E-state index in [0.29, 0.717) is 18.1 Å². The molecule has 3 aliphatic rings. The molecule has 96 valence electrons. The Labute approximate surface area is 103 Å². The summed E-state index contributed by atoms with van der Waals surface area (Å²) >= 11 is 0. The molecule has 3 fully saturated rings. The SMILES string of the molecule is O=C([C@@H]1CCCCN1)N1CCOC2CCCC21. The average Bonchev–Trinajstić information content (AvgIpc) is 2.87. The minimum atomic E-state index is 0.0723. The summed E-state index contributed by atoms with van der Waals surface area (Å²) in [7, 11) is 0. The van der Waals surface area contributed by atoms with E-state index >= 15 is 0 Å². The van der Waals surface area contributed by atoms with E-state index in [-0.39, 0.29) is 6.04 Å². The van der Waals surface area contributed by atoms with Crippen molar-refractivity contribution in [3.05, 3.63) is 0 Å². The molecule has 2 heterocycles. The highest BCUT2D eigenvalue weighted by molar-refractivity contribution is 5.82. The van der Waals surface area contributed by atoms with Crippen molar-refractivity contribution in [2.24, 2.45) is 0 Å². The number of carbonyl (C=O) groups excluding carboxylic acids is 1. The van der Waals surface area contributed by atoms with E-state index in [0.717, 1.165) is 39.0 Å². The summed E-state index contributed by atoms with van der Waals surface area (Å²) in [5.74, 6) is 0.324. The van der Waals surface area contributed by atoms with Gasteiger partial charge >= 0.3 is 0 Å². The zero-order chi connectivity index (χ0) is 11.7. The smallest absolute Gasteiger partial charge is 0.240 e. The highest BCUT2D eigenvalue weighted by atomic mass is 16.5. The molecule has 2 unspecified atom stereocenters. The Morgan fingerprint density at radius 1 is 1.18 bits per heavy atom. The number of ether oxygens (including phenoxy) is 1. The number of rotatable bonds is 1. The predicted octanol–water partition coefficient (Wildman–Crippen LogP) is 0.908. The molecule has 0 aromatic carbocycles. The van der Waals surface area contributed by atoms with Gasteiger partial charge in [0.15, 0.2) is 0 Å². The number of hydrogen-bond acceptors (Lipinski definition) is 3. The summed E-state index contributed by atoms with van der Waals surface area (Å²) in [6.07, 6.45) is 7.18. The number of amides is 1. The third-order valence-electron chi connectivity index (χ3n) is 4.37. The third-order valence-corrected chi connectivity index (χ3v) is 4.37. The lowest BCUT2D eigenvalue weighted by molar-refractivity contribution is -0.146. The van der Waals surface area contributed by atoms with Crippen LogP contribution >= 0.6 is 0 Å². The van der Waals surface area contributed by atoms with Gasteiger partial charge in [0.05, 0.1) is 24.8 Å². The first kappa shape index (κ1) is 11.5. The van der Waals surface area contributed by atoms with Gasteiger partial charge in [0.1, 0.15) is 0 Å². The number of hydrogen-bond donors (Lipinski definition) is 1. The summed E-state index contributed by atoms with van der Waals surface area (Å²) in [6.45, 7) is 2.51. The van der Waals surface area contributed by atoms with Crippen LogP contribution in [0.15, 0.2) is 0 Å². The van der Waals surface area contributed by atoms with Gasteiger partial charge in [-0.2, -0.15) is 0 Å². The highest BCUT2D eigenvalue weighted by Gasteiger charge is 2.40. The van der Waals surface area contributed by atoms with Crippen LogP contribution in [0.2, 0.25) is 0 Å². The fraction of sp³-hybridized carbons (Fsp3) is 0.923. The predicted molar refractivity (Wildman–Crippen MR) is 64.7 cm³/mol. The van der Waals surface area contributed by atoms with Gasteiger partial charge in [0.25, 0.3) is 0 Å². The van der Waals surface area contributed by atoms with Crippen molar-refractivity contribution < 1.29 is 9.53 Å². The standard InChI is InChI=1S/C13H22N2O2/c16-13(10-4-1-2-7-14-10)15-8-9-17-12-6-3-5-11(12)15/h10-12,14H,1-9H2/t10-,11?,12?/m0/s1. The number of carbonyl (C=O) groups is 1. The first-order chi connectivity index (χ1) is 8.36. The Hall–Kier alpha value is -0.610. The van der Waals surface area contributed by atoms with Gasteiger partial charge in [-0.05, 0) is 38.6 Å². The van der Waals surface area contributed by atoms with Crippen molar-refractivity contribution >= 4 is 5.91 Å². The Morgan fingerprint density at radius 3 is 2.94 bits per heavy atom. The van der Waals surface area contributed by atoms with Crippen LogP contribution in [0.1, 0.15) is 38.5 Å². The van der Waals surface area contributed by atoms with Crippen LogP contribution in [0.5, 0.6) is 0 Å². The Morgan fingerprint density at radius 2 is 2.12 bits per heavy atom. The molecule has 1 amide bonds. The molecule has 1 saturated carbocycles. The van der Waals surface area contributed by atoms with Crippen LogP contribution in [-0.4, -0.2) is 48.7 Å². The second kappa shape index (κ2) is 4.94. The Kier molecular flexibility index (Phi) is 3.34. The number of fused-ring (bicyclic) bond motifs is 1. The van der Waals surface area contributed by atoms with E-state index in [1.54, 1.807) is 0 Å². The first-order valence-corrected chi connectivity index (χ1v) is 7.02. The summed E-state index contributed by atoms with van der Waals surface area (Å²) in [5.41, 5.74) is 0. The van der Waals surface area contributed by atoms with Gasteiger partial charge in [0, 0.05) is 6.54 Å². The molecule has 4 nitrogen and oxygen atoms in total. The lowest BCUT2D eigenvalue weighted by atomic mass is 10.0. The second-order valence-corrected chi connectivity index (χ2v) is 5.44. The van der Waals surface area contributed by atoms with E-state index in [4.69, 9.17) is 4.74 Å². The zero-order valence-electron chi connectivity index (χ0n) is 10.4. The molecule has 0 bridgehead atoms. The lowest BCUT2D eigenvalue weighted by Gasteiger charge is -2.40. The third kappa shape index (κ3) is 2.20. The van der Waals surface area contributed by atoms with E-state index in [1.807, 2.05) is 0 Å². The number of morpholine rings is 1. The molecule has 1 N–H and O–H groups in total.